The Morgan fingerprint density at radius 3 is 1.08 bits per heavy atom. The van der Waals surface area contributed by atoms with E-state index in [1.165, 1.54) is 10.1 Å². The summed E-state index contributed by atoms with van der Waals surface area (Å²) in [5, 5.41) is 25.0. The van der Waals surface area contributed by atoms with E-state index >= 15 is 0 Å². The highest BCUT2D eigenvalue weighted by atomic mass is 16.5. The highest BCUT2D eigenvalue weighted by Crippen LogP contribution is 2.42. The van der Waals surface area contributed by atoms with E-state index in [2.05, 4.69) is 0 Å². The minimum atomic E-state index is -0.494. The molecule has 4 nitrogen and oxygen atoms in total. The van der Waals surface area contributed by atoms with Gasteiger partial charge < -0.3 is 10.4 Å². The fourth-order valence-electron chi connectivity index (χ4n) is 3.05. The second kappa shape index (κ2) is 7.89. The zero-order valence-electron chi connectivity index (χ0n) is 16.7. The Morgan fingerprint density at radius 1 is 0.577 bits per heavy atom. The molecule has 0 spiro atoms. The molecule has 26 heavy (non-hydrogen) atoms. The van der Waals surface area contributed by atoms with Crippen molar-refractivity contribution in [1.29, 1.82) is 0 Å². The van der Waals surface area contributed by atoms with Crippen molar-refractivity contribution in [2.24, 2.45) is 0 Å². The lowest BCUT2D eigenvalue weighted by molar-refractivity contribution is -0.257. The molecule has 2 aromatic carbocycles. The van der Waals surface area contributed by atoms with Gasteiger partial charge in [0.05, 0.1) is 12.1 Å². The van der Waals surface area contributed by atoms with Crippen LogP contribution in [0.4, 0.5) is 0 Å². The van der Waals surface area contributed by atoms with Crippen molar-refractivity contribution < 1.29 is 10.4 Å². The van der Waals surface area contributed by atoms with Gasteiger partial charge in [-0.05, 0) is 52.7 Å². The fourth-order valence-corrected chi connectivity index (χ4v) is 3.05. The summed E-state index contributed by atoms with van der Waals surface area (Å²) in [5.74, 6) is 0. The molecule has 2 atom stereocenters. The third kappa shape index (κ3) is 4.71. The predicted octanol–water partition coefficient (Wildman–Crippen LogP) is 5.45. The highest BCUT2D eigenvalue weighted by Gasteiger charge is 2.41. The van der Waals surface area contributed by atoms with Gasteiger partial charge in [-0.3, -0.25) is 0 Å². The maximum Gasteiger partial charge on any atom is 0.0825 e. The normalized spacial score (nSPS) is 15.3. The summed E-state index contributed by atoms with van der Waals surface area (Å²) in [6.07, 6.45) is 0. The van der Waals surface area contributed by atoms with Gasteiger partial charge in [0.25, 0.3) is 0 Å². The molecule has 0 bridgehead atoms. The van der Waals surface area contributed by atoms with Crippen molar-refractivity contribution in [3.63, 3.8) is 0 Å². The van der Waals surface area contributed by atoms with Gasteiger partial charge in [0.15, 0.2) is 0 Å². The molecule has 4 heteroatoms. The van der Waals surface area contributed by atoms with E-state index in [4.69, 9.17) is 0 Å². The third-order valence-corrected chi connectivity index (χ3v) is 4.48. The van der Waals surface area contributed by atoms with Gasteiger partial charge in [0.2, 0.25) is 0 Å². The van der Waals surface area contributed by atoms with Crippen LogP contribution in [-0.2, 0) is 0 Å². The van der Waals surface area contributed by atoms with Gasteiger partial charge in [-0.15, -0.1) is 0 Å². The van der Waals surface area contributed by atoms with Crippen LogP contribution < -0.4 is 0 Å². The van der Waals surface area contributed by atoms with Crippen molar-refractivity contribution in [2.75, 3.05) is 0 Å². The van der Waals surface area contributed by atoms with Crippen LogP contribution in [0.3, 0.4) is 0 Å². The zero-order valence-corrected chi connectivity index (χ0v) is 16.7. The number of benzene rings is 2. The van der Waals surface area contributed by atoms with Gasteiger partial charge >= 0.3 is 0 Å². The van der Waals surface area contributed by atoms with Gasteiger partial charge in [0, 0.05) is 11.1 Å². The first-order valence-corrected chi connectivity index (χ1v) is 9.10. The summed E-state index contributed by atoms with van der Waals surface area (Å²) in [6, 6.07) is 18.8. The van der Waals surface area contributed by atoms with E-state index in [9.17, 15) is 10.4 Å². The van der Waals surface area contributed by atoms with Gasteiger partial charge in [-0.1, -0.05) is 60.7 Å². The fraction of sp³-hybridized carbons (Fsp3) is 0.455. The number of nitrogens with zero attached hydrogens (tertiary/aromatic N) is 2. The summed E-state index contributed by atoms with van der Waals surface area (Å²) in [7, 11) is 0. The van der Waals surface area contributed by atoms with Crippen molar-refractivity contribution in [1.82, 2.24) is 10.1 Å². The highest BCUT2D eigenvalue weighted by molar-refractivity contribution is 5.28. The number of rotatable bonds is 5. The van der Waals surface area contributed by atoms with E-state index in [1.807, 2.05) is 102 Å². The quantitative estimate of drug-likeness (QED) is 0.700. The molecule has 0 aliphatic heterocycles. The molecule has 0 heterocycles. The van der Waals surface area contributed by atoms with Gasteiger partial charge in [-0.25, -0.2) is 0 Å². The lowest BCUT2D eigenvalue weighted by atomic mass is 9.88. The molecule has 2 aromatic rings. The van der Waals surface area contributed by atoms with E-state index in [1.54, 1.807) is 0 Å². The predicted molar refractivity (Wildman–Crippen MR) is 105 cm³/mol. The first kappa shape index (κ1) is 20.6. The topological polar surface area (TPSA) is 46.9 Å². The molecular weight excluding hydrogens is 324 g/mol. The summed E-state index contributed by atoms with van der Waals surface area (Å²) in [4.78, 5) is 0. The summed E-state index contributed by atoms with van der Waals surface area (Å²) in [6.45, 7) is 11.8. The SMILES string of the molecule is CC(C)(C)N(O)C(c1ccccc1)C(c1ccccc1)N(O)C(C)(C)C. The van der Waals surface area contributed by atoms with E-state index in [0.717, 1.165) is 11.1 Å². The van der Waals surface area contributed by atoms with Crippen LogP contribution in [-0.4, -0.2) is 31.6 Å². The molecule has 0 amide bonds. The molecule has 0 aliphatic carbocycles. The van der Waals surface area contributed by atoms with Crippen LogP contribution in [0.2, 0.25) is 0 Å². The van der Waals surface area contributed by atoms with Crippen LogP contribution >= 0.6 is 0 Å². The van der Waals surface area contributed by atoms with Crippen LogP contribution in [0.1, 0.15) is 64.8 Å². The molecule has 0 saturated heterocycles. The molecule has 0 aliphatic rings. The maximum atomic E-state index is 11.1. The average molecular weight is 357 g/mol. The maximum absolute atomic E-state index is 11.1. The van der Waals surface area contributed by atoms with Crippen molar-refractivity contribution >= 4 is 0 Å². The minimum Gasteiger partial charge on any atom is -0.313 e. The lowest BCUT2D eigenvalue weighted by Gasteiger charge is -2.46. The minimum absolute atomic E-state index is 0.442. The Balaban J connectivity index is 2.65. The smallest absolute Gasteiger partial charge is 0.0825 e. The van der Waals surface area contributed by atoms with Gasteiger partial charge in [-0.2, -0.15) is 10.1 Å². The van der Waals surface area contributed by atoms with Crippen LogP contribution in [0, 0.1) is 0 Å². The first-order valence-electron chi connectivity index (χ1n) is 9.10. The number of hydroxylamine groups is 4. The van der Waals surface area contributed by atoms with Crippen LogP contribution in [0.25, 0.3) is 0 Å². The molecule has 0 saturated carbocycles. The monoisotopic (exact) mass is 356 g/mol. The van der Waals surface area contributed by atoms with Crippen molar-refractivity contribution in [2.45, 2.75) is 64.7 Å². The van der Waals surface area contributed by atoms with E-state index in [-0.39, 0.29) is 0 Å². The van der Waals surface area contributed by atoms with Crippen molar-refractivity contribution in [3.8, 4) is 0 Å². The van der Waals surface area contributed by atoms with E-state index in [0.29, 0.717) is 0 Å². The third-order valence-electron chi connectivity index (χ3n) is 4.48. The lowest BCUT2D eigenvalue weighted by Crippen LogP contribution is -2.50. The second-order valence-electron chi connectivity index (χ2n) is 8.74. The Morgan fingerprint density at radius 2 is 0.846 bits per heavy atom. The molecule has 142 valence electrons. The summed E-state index contributed by atoms with van der Waals surface area (Å²) < 4.78 is 0. The standard InChI is InChI=1S/C22H32N2O2/c1-21(2,3)23(25)19(17-13-9-7-10-14-17)20(24(26)22(4,5)6)18-15-11-8-12-16-18/h7-16,19-20,25-26H,1-6H3. The molecule has 0 radical (unpaired) electrons. The average Bonchev–Trinajstić information content (AvgIpc) is 2.58. The van der Waals surface area contributed by atoms with Gasteiger partial charge in [0.1, 0.15) is 0 Å². The van der Waals surface area contributed by atoms with Crippen LogP contribution in [0.5, 0.6) is 0 Å². The Hall–Kier alpha value is -1.72. The molecule has 0 fully saturated rings. The number of hydrogen-bond donors (Lipinski definition) is 2. The summed E-state index contributed by atoms with van der Waals surface area (Å²) in [5.41, 5.74) is 0.905. The van der Waals surface area contributed by atoms with Crippen molar-refractivity contribution in [3.05, 3.63) is 71.8 Å². The largest absolute Gasteiger partial charge is 0.313 e. The molecule has 0 aromatic heterocycles. The van der Waals surface area contributed by atoms with Crippen LogP contribution in [0.15, 0.2) is 60.7 Å². The first-order chi connectivity index (χ1) is 12.0. The molecule has 2 unspecified atom stereocenters. The molecule has 2 N–H and O–H groups in total. The summed E-state index contributed by atoms with van der Waals surface area (Å²) >= 11 is 0. The Kier molecular flexibility index (Phi) is 6.25. The second-order valence-corrected chi connectivity index (χ2v) is 8.74. The zero-order chi connectivity index (χ0) is 19.5. The molecular formula is C22H32N2O2. The Bertz CT molecular complexity index is 613. The number of hydrogen-bond acceptors (Lipinski definition) is 4. The molecule has 2 rings (SSSR count). The Labute approximate surface area is 157 Å². The van der Waals surface area contributed by atoms with E-state index < -0.39 is 23.2 Å².